The number of hydrogen-bond donors (Lipinski definition) is 1. The van der Waals surface area contributed by atoms with Crippen molar-refractivity contribution < 1.29 is 9.53 Å². The molecule has 1 amide bonds. The Bertz CT molecular complexity index is 735. The van der Waals surface area contributed by atoms with Gasteiger partial charge in [-0.1, -0.05) is 40.2 Å². The van der Waals surface area contributed by atoms with E-state index in [9.17, 15) is 4.79 Å². The van der Waals surface area contributed by atoms with Crippen LogP contribution >= 0.6 is 15.9 Å². The minimum absolute atomic E-state index is 0.00538. The molecule has 0 spiro atoms. The summed E-state index contributed by atoms with van der Waals surface area (Å²) in [5, 5.41) is 3.03. The van der Waals surface area contributed by atoms with E-state index in [-0.39, 0.29) is 11.8 Å². The first kappa shape index (κ1) is 18.0. The fraction of sp³-hybridized carbons (Fsp3) is 0.350. The number of para-hydroxylation sites is 2. The zero-order chi connectivity index (χ0) is 17.6. The smallest absolute Gasteiger partial charge is 0.228 e. The lowest BCUT2D eigenvalue weighted by Gasteiger charge is -2.32. The third-order valence-corrected chi connectivity index (χ3v) is 5.03. The number of nitrogens with one attached hydrogen (secondary N) is 1. The molecule has 2 aromatic rings. The minimum Gasteiger partial charge on any atom is -0.495 e. The Kier molecular flexibility index (Phi) is 6.10. The number of rotatable bonds is 5. The molecule has 0 radical (unpaired) electrons. The second-order valence-electron chi connectivity index (χ2n) is 6.39. The molecule has 2 aromatic carbocycles. The van der Waals surface area contributed by atoms with Crippen molar-refractivity contribution >= 4 is 27.5 Å². The van der Waals surface area contributed by atoms with Crippen LogP contribution in [0.1, 0.15) is 18.4 Å². The van der Waals surface area contributed by atoms with Crippen molar-refractivity contribution in [1.29, 1.82) is 0 Å². The summed E-state index contributed by atoms with van der Waals surface area (Å²) in [6, 6.07) is 15.9. The molecule has 0 aromatic heterocycles. The number of piperidine rings is 1. The first-order chi connectivity index (χ1) is 12.2. The molecule has 1 atom stereocenters. The highest BCUT2D eigenvalue weighted by Crippen LogP contribution is 2.26. The van der Waals surface area contributed by atoms with Gasteiger partial charge in [-0.05, 0) is 49.2 Å². The number of methoxy groups -OCH3 is 1. The molecule has 5 heteroatoms. The molecule has 1 N–H and O–H groups in total. The molecule has 1 fully saturated rings. The van der Waals surface area contributed by atoms with E-state index in [0.29, 0.717) is 5.75 Å². The zero-order valence-corrected chi connectivity index (χ0v) is 16.0. The summed E-state index contributed by atoms with van der Waals surface area (Å²) in [5.74, 6) is 0.770. The number of likely N-dealkylation sites (tertiary alicyclic amines) is 1. The Morgan fingerprint density at radius 1 is 1.28 bits per heavy atom. The van der Waals surface area contributed by atoms with E-state index >= 15 is 0 Å². The zero-order valence-electron chi connectivity index (χ0n) is 14.4. The Labute approximate surface area is 157 Å². The van der Waals surface area contributed by atoms with Gasteiger partial charge in [-0.25, -0.2) is 0 Å². The van der Waals surface area contributed by atoms with Gasteiger partial charge in [0.2, 0.25) is 5.91 Å². The van der Waals surface area contributed by atoms with E-state index < -0.39 is 0 Å². The number of ether oxygens (including phenoxy) is 1. The van der Waals surface area contributed by atoms with Crippen molar-refractivity contribution in [2.75, 3.05) is 25.5 Å². The van der Waals surface area contributed by atoms with E-state index in [1.165, 1.54) is 5.56 Å². The molecular formula is C20H23BrN2O2. The summed E-state index contributed by atoms with van der Waals surface area (Å²) in [6.45, 7) is 2.69. The monoisotopic (exact) mass is 402 g/mol. The molecule has 1 heterocycles. The van der Waals surface area contributed by atoms with Crippen LogP contribution in [0.3, 0.4) is 0 Å². The lowest BCUT2D eigenvalue weighted by molar-refractivity contribution is -0.121. The standard InChI is InChI=1S/C20H23BrN2O2/c1-25-19-10-3-2-9-18(19)22-20(24)16-7-5-11-23(14-16)13-15-6-4-8-17(21)12-15/h2-4,6,8-10,12,16H,5,7,11,13-14H2,1H3,(H,22,24). The van der Waals surface area contributed by atoms with Crippen LogP contribution in [0, 0.1) is 5.92 Å². The van der Waals surface area contributed by atoms with Crippen LogP contribution < -0.4 is 10.1 Å². The maximum atomic E-state index is 12.7. The largest absolute Gasteiger partial charge is 0.495 e. The maximum Gasteiger partial charge on any atom is 0.228 e. The van der Waals surface area contributed by atoms with Gasteiger partial charge in [-0.2, -0.15) is 0 Å². The van der Waals surface area contributed by atoms with E-state index in [4.69, 9.17) is 4.74 Å². The van der Waals surface area contributed by atoms with Gasteiger partial charge in [0.1, 0.15) is 5.75 Å². The van der Waals surface area contributed by atoms with Crippen LogP contribution in [0.2, 0.25) is 0 Å². The van der Waals surface area contributed by atoms with Gasteiger partial charge in [-0.15, -0.1) is 0 Å². The lowest BCUT2D eigenvalue weighted by Crippen LogP contribution is -2.40. The maximum absolute atomic E-state index is 12.7. The Morgan fingerprint density at radius 3 is 2.92 bits per heavy atom. The van der Waals surface area contributed by atoms with Gasteiger partial charge in [0.15, 0.2) is 0 Å². The molecule has 25 heavy (non-hydrogen) atoms. The highest BCUT2D eigenvalue weighted by atomic mass is 79.9. The molecule has 0 saturated carbocycles. The fourth-order valence-corrected chi connectivity index (χ4v) is 3.74. The van der Waals surface area contributed by atoms with Gasteiger partial charge in [0.05, 0.1) is 18.7 Å². The molecule has 1 aliphatic rings. The van der Waals surface area contributed by atoms with Crippen LogP contribution in [0.4, 0.5) is 5.69 Å². The van der Waals surface area contributed by atoms with Gasteiger partial charge >= 0.3 is 0 Å². The van der Waals surface area contributed by atoms with Crippen molar-refractivity contribution in [3.63, 3.8) is 0 Å². The van der Waals surface area contributed by atoms with E-state index in [1.807, 2.05) is 30.3 Å². The number of carbonyl (C=O) groups excluding carboxylic acids is 1. The van der Waals surface area contributed by atoms with Crippen LogP contribution in [0.25, 0.3) is 0 Å². The summed E-state index contributed by atoms with van der Waals surface area (Å²) in [6.07, 6.45) is 1.97. The van der Waals surface area contributed by atoms with Gasteiger partial charge in [0.25, 0.3) is 0 Å². The molecular weight excluding hydrogens is 380 g/mol. The van der Waals surface area contributed by atoms with Crippen LogP contribution in [0.5, 0.6) is 5.75 Å². The summed E-state index contributed by atoms with van der Waals surface area (Å²) in [7, 11) is 1.62. The summed E-state index contributed by atoms with van der Waals surface area (Å²) >= 11 is 3.52. The number of amides is 1. The van der Waals surface area contributed by atoms with Crippen molar-refractivity contribution in [2.45, 2.75) is 19.4 Å². The van der Waals surface area contributed by atoms with E-state index in [1.54, 1.807) is 7.11 Å². The topological polar surface area (TPSA) is 41.6 Å². The first-order valence-corrected chi connectivity index (χ1v) is 9.35. The van der Waals surface area contributed by atoms with Crippen molar-refractivity contribution in [3.8, 4) is 5.75 Å². The average molecular weight is 403 g/mol. The predicted molar refractivity (Wildman–Crippen MR) is 104 cm³/mol. The van der Waals surface area contributed by atoms with E-state index in [0.717, 1.165) is 42.6 Å². The van der Waals surface area contributed by atoms with Crippen LogP contribution in [-0.2, 0) is 11.3 Å². The normalized spacial score (nSPS) is 17.9. The second-order valence-corrected chi connectivity index (χ2v) is 7.31. The fourth-order valence-electron chi connectivity index (χ4n) is 3.29. The molecule has 0 aliphatic carbocycles. The Morgan fingerprint density at radius 2 is 2.12 bits per heavy atom. The predicted octanol–water partition coefficient (Wildman–Crippen LogP) is 4.31. The average Bonchev–Trinajstić information content (AvgIpc) is 2.62. The number of carbonyl (C=O) groups is 1. The summed E-state index contributed by atoms with van der Waals surface area (Å²) in [5.41, 5.74) is 2.00. The minimum atomic E-state index is 0.00538. The van der Waals surface area contributed by atoms with Crippen molar-refractivity contribution in [3.05, 3.63) is 58.6 Å². The van der Waals surface area contributed by atoms with Gasteiger partial charge < -0.3 is 10.1 Å². The lowest BCUT2D eigenvalue weighted by atomic mass is 9.96. The third kappa shape index (κ3) is 4.83. The SMILES string of the molecule is COc1ccccc1NC(=O)C1CCCN(Cc2cccc(Br)c2)C1. The highest BCUT2D eigenvalue weighted by molar-refractivity contribution is 9.10. The first-order valence-electron chi connectivity index (χ1n) is 8.56. The number of benzene rings is 2. The highest BCUT2D eigenvalue weighted by Gasteiger charge is 2.26. The molecule has 4 nitrogen and oxygen atoms in total. The van der Waals surface area contributed by atoms with E-state index in [2.05, 4.69) is 44.3 Å². The summed E-state index contributed by atoms with van der Waals surface area (Å²) < 4.78 is 6.41. The second kappa shape index (κ2) is 8.50. The molecule has 0 bridgehead atoms. The molecule has 132 valence electrons. The quantitative estimate of drug-likeness (QED) is 0.809. The summed E-state index contributed by atoms with van der Waals surface area (Å²) in [4.78, 5) is 15.0. The van der Waals surface area contributed by atoms with Crippen molar-refractivity contribution in [1.82, 2.24) is 4.90 Å². The third-order valence-electron chi connectivity index (χ3n) is 4.54. The number of halogens is 1. The van der Waals surface area contributed by atoms with Gasteiger partial charge in [0, 0.05) is 17.6 Å². The Hall–Kier alpha value is -1.85. The number of nitrogens with zero attached hydrogens (tertiary/aromatic N) is 1. The number of hydrogen-bond acceptors (Lipinski definition) is 3. The van der Waals surface area contributed by atoms with Crippen molar-refractivity contribution in [2.24, 2.45) is 5.92 Å². The molecule has 1 unspecified atom stereocenters. The van der Waals surface area contributed by atoms with Gasteiger partial charge in [-0.3, -0.25) is 9.69 Å². The molecule has 1 aliphatic heterocycles. The van der Waals surface area contributed by atoms with Crippen LogP contribution in [-0.4, -0.2) is 31.0 Å². The van der Waals surface area contributed by atoms with Crippen LogP contribution in [0.15, 0.2) is 53.0 Å². The molecule has 3 rings (SSSR count). The molecule has 1 saturated heterocycles. The number of anilines is 1. The Balaban J connectivity index is 1.61.